The lowest BCUT2D eigenvalue weighted by Gasteiger charge is -1.42. The molecule has 24 valence electrons. The van der Waals surface area contributed by atoms with Crippen molar-refractivity contribution in [1.82, 2.24) is 0 Å². The van der Waals surface area contributed by atoms with Crippen LogP contribution in [-0.2, 0) is 0 Å². The Hall–Kier alpha value is -0.880. The van der Waals surface area contributed by atoms with Crippen LogP contribution in [0.3, 0.4) is 0 Å². The van der Waals surface area contributed by atoms with Crippen molar-refractivity contribution in [2.75, 3.05) is 0 Å². The van der Waals surface area contributed by atoms with Crippen molar-refractivity contribution < 1.29 is 0 Å². The standard InChI is InChI=1S/C5H4/c1-3-5-4-2/h1H,2H3. The van der Waals surface area contributed by atoms with E-state index >= 15 is 0 Å². The van der Waals surface area contributed by atoms with Crippen LogP contribution in [0, 0.1) is 24.2 Å². The molecule has 0 bridgehead atoms. The van der Waals surface area contributed by atoms with Crippen LogP contribution in [0.4, 0.5) is 0 Å². The lowest BCUT2D eigenvalue weighted by atomic mass is 10.6. The van der Waals surface area contributed by atoms with Gasteiger partial charge in [0.25, 0.3) is 0 Å². The number of hydrogen-bond acceptors (Lipinski definition) is 0. The minimum absolute atomic E-state index is 1.71. The molecule has 0 heterocycles. The fourth-order valence-corrected chi connectivity index (χ4v) is 0.0722. The Kier molecular flexibility index (Phi) is 2.57. The van der Waals surface area contributed by atoms with Gasteiger partial charge in [0.15, 0.2) is 0 Å². The van der Waals surface area contributed by atoms with E-state index in [-0.39, 0.29) is 0 Å². The van der Waals surface area contributed by atoms with Crippen LogP contribution in [0.2, 0.25) is 0 Å². The Bertz CT molecular complexity index is 93.4. The summed E-state index contributed by atoms with van der Waals surface area (Å²) in [7, 11) is 0. The maximum atomic E-state index is 4.72. The summed E-state index contributed by atoms with van der Waals surface area (Å²) in [5, 5.41) is 0. The molecule has 0 aliphatic heterocycles. The van der Waals surface area contributed by atoms with E-state index in [2.05, 4.69) is 17.8 Å². The highest BCUT2D eigenvalue weighted by Crippen LogP contribution is 1.41. The van der Waals surface area contributed by atoms with Crippen LogP contribution in [0.1, 0.15) is 6.92 Å². The molecule has 0 aliphatic carbocycles. The van der Waals surface area contributed by atoms with Crippen LogP contribution >= 0.6 is 0 Å². The zero-order chi connectivity index (χ0) is 4.12. The lowest BCUT2D eigenvalue weighted by Crippen LogP contribution is -1.36. The Morgan fingerprint density at radius 2 is 2.20 bits per heavy atom. The van der Waals surface area contributed by atoms with Crippen LogP contribution in [0.5, 0.6) is 0 Å². The molecule has 0 atom stereocenters. The minimum atomic E-state index is 1.71. The summed E-state index contributed by atoms with van der Waals surface area (Å²) in [4.78, 5) is 0. The van der Waals surface area contributed by atoms with Crippen molar-refractivity contribution in [1.29, 1.82) is 0 Å². The van der Waals surface area contributed by atoms with Crippen molar-refractivity contribution in [3.63, 3.8) is 0 Å². The average Bonchev–Trinajstić information content (AvgIpc) is 1.41. The second kappa shape index (κ2) is 3.12. The highest BCUT2D eigenvalue weighted by atomic mass is 13.4. The Labute approximate surface area is 32.2 Å². The lowest BCUT2D eigenvalue weighted by molar-refractivity contribution is 1.92. The molecule has 0 radical (unpaired) electrons. The fraction of sp³-hybridized carbons (Fsp3) is 0.200. The molecule has 5 heavy (non-hydrogen) atoms. The van der Waals surface area contributed by atoms with Gasteiger partial charge >= 0.3 is 0 Å². The molecule has 0 aromatic heterocycles. The number of hydrogen-bond donors (Lipinski definition) is 0. The van der Waals surface area contributed by atoms with Crippen LogP contribution in [0.25, 0.3) is 0 Å². The maximum absolute atomic E-state index is 4.72. The predicted molar refractivity (Wildman–Crippen MR) is 22.3 cm³/mol. The molecule has 0 aromatic rings. The molecule has 0 saturated heterocycles. The molecule has 0 aliphatic rings. The molecule has 0 N–H and O–H groups in total. The topological polar surface area (TPSA) is 0 Å². The van der Waals surface area contributed by atoms with Crippen LogP contribution in [-0.4, -0.2) is 0 Å². The molecule has 0 saturated carbocycles. The molecule has 0 heteroatoms. The van der Waals surface area contributed by atoms with Gasteiger partial charge in [0.1, 0.15) is 0 Å². The highest BCUT2D eigenvalue weighted by molar-refractivity contribution is 5.20. The molecule has 0 nitrogen and oxygen atoms in total. The van der Waals surface area contributed by atoms with Gasteiger partial charge in [0, 0.05) is 0 Å². The third-order valence-electron chi connectivity index (χ3n) is 0.197. The van der Waals surface area contributed by atoms with E-state index in [1.807, 2.05) is 0 Å². The van der Waals surface area contributed by atoms with Gasteiger partial charge < -0.3 is 0 Å². The van der Waals surface area contributed by atoms with E-state index in [9.17, 15) is 0 Å². The first-order valence-corrected chi connectivity index (χ1v) is 1.29. The summed E-state index contributed by atoms with van der Waals surface area (Å²) in [6, 6.07) is 0. The second-order valence-electron chi connectivity index (χ2n) is 0.519. The van der Waals surface area contributed by atoms with Crippen molar-refractivity contribution >= 4 is 0 Å². The van der Waals surface area contributed by atoms with Crippen LogP contribution in [0.15, 0.2) is 0 Å². The fourth-order valence-electron chi connectivity index (χ4n) is 0.0722. The van der Waals surface area contributed by atoms with E-state index in [1.54, 1.807) is 6.92 Å². The smallest absolute Gasteiger partial charge is 0.00168 e. The first-order chi connectivity index (χ1) is 2.41. The van der Waals surface area contributed by atoms with Crippen molar-refractivity contribution in [2.45, 2.75) is 6.92 Å². The number of rotatable bonds is 0. The highest BCUT2D eigenvalue weighted by Gasteiger charge is 1.35. The van der Waals surface area contributed by atoms with Gasteiger partial charge in [-0.25, -0.2) is 0 Å². The third-order valence-corrected chi connectivity index (χ3v) is 0.197. The molecule has 0 spiro atoms. The first-order valence-electron chi connectivity index (χ1n) is 1.29. The van der Waals surface area contributed by atoms with Gasteiger partial charge in [0.2, 0.25) is 0 Å². The Morgan fingerprint density at radius 3 is 2.20 bits per heavy atom. The van der Waals surface area contributed by atoms with Gasteiger partial charge in [-0.05, 0) is 18.8 Å². The van der Waals surface area contributed by atoms with E-state index in [0.717, 1.165) is 0 Å². The summed E-state index contributed by atoms with van der Waals surface area (Å²) < 4.78 is 0. The number of terminal acetylenes is 1. The maximum Gasteiger partial charge on any atom is -0.00168 e. The average molecular weight is 64.1 g/mol. The summed E-state index contributed by atoms with van der Waals surface area (Å²) in [5.41, 5.74) is 0. The molecule has 0 fully saturated rings. The molecular weight excluding hydrogens is 60.1 g/mol. The van der Waals surface area contributed by atoms with E-state index in [1.165, 1.54) is 0 Å². The van der Waals surface area contributed by atoms with Crippen molar-refractivity contribution in [3.8, 4) is 24.2 Å². The van der Waals surface area contributed by atoms with Crippen molar-refractivity contribution in [3.05, 3.63) is 0 Å². The molecule has 0 unspecified atom stereocenters. The van der Waals surface area contributed by atoms with Gasteiger partial charge in [0.05, 0.1) is 0 Å². The van der Waals surface area contributed by atoms with E-state index in [4.69, 9.17) is 6.42 Å². The normalized spacial score (nSPS) is 3.20. The Balaban J connectivity index is 3.30. The zero-order valence-electron chi connectivity index (χ0n) is 3.08. The summed E-state index contributed by atoms with van der Waals surface area (Å²) in [6.07, 6.45) is 4.72. The zero-order valence-corrected chi connectivity index (χ0v) is 3.08. The minimum Gasteiger partial charge on any atom is -0.106 e. The Morgan fingerprint density at radius 1 is 1.60 bits per heavy atom. The molecule has 0 amide bonds. The van der Waals surface area contributed by atoms with Crippen LogP contribution < -0.4 is 0 Å². The van der Waals surface area contributed by atoms with Crippen molar-refractivity contribution in [2.24, 2.45) is 0 Å². The quantitative estimate of drug-likeness (QED) is 0.363. The summed E-state index contributed by atoms with van der Waals surface area (Å²) in [5.74, 6) is 7.08. The summed E-state index contributed by atoms with van der Waals surface area (Å²) >= 11 is 0. The second-order valence-corrected chi connectivity index (χ2v) is 0.519. The monoisotopic (exact) mass is 64.0 g/mol. The van der Waals surface area contributed by atoms with Gasteiger partial charge in [-0.15, -0.1) is 6.42 Å². The van der Waals surface area contributed by atoms with E-state index in [0.29, 0.717) is 0 Å². The molecular formula is C5H4. The van der Waals surface area contributed by atoms with Gasteiger partial charge in [-0.3, -0.25) is 0 Å². The molecule has 0 aromatic carbocycles. The first kappa shape index (κ1) is 4.12. The summed E-state index contributed by atoms with van der Waals surface area (Å²) in [6.45, 7) is 1.71. The molecule has 0 rings (SSSR count). The van der Waals surface area contributed by atoms with E-state index < -0.39 is 0 Å². The predicted octanol–water partition coefficient (Wildman–Crippen LogP) is 0.643. The SMILES string of the molecule is C#CC#CC. The van der Waals surface area contributed by atoms with Gasteiger partial charge in [-0.2, -0.15) is 0 Å². The largest absolute Gasteiger partial charge is 0.106 e. The van der Waals surface area contributed by atoms with Gasteiger partial charge in [-0.1, -0.05) is 5.92 Å². The third kappa shape index (κ3) is 3.12.